The van der Waals surface area contributed by atoms with E-state index in [-0.39, 0.29) is 0 Å². The minimum absolute atomic E-state index is 0.707. The van der Waals surface area contributed by atoms with Gasteiger partial charge in [-0.15, -0.1) is 0 Å². The molecule has 0 bridgehead atoms. The van der Waals surface area contributed by atoms with Gasteiger partial charge < -0.3 is 0 Å². The van der Waals surface area contributed by atoms with Gasteiger partial charge in [-0.1, -0.05) is 87.7 Å². The van der Waals surface area contributed by atoms with Crippen molar-refractivity contribution in [3.8, 4) is 44.9 Å². The first-order valence-electron chi connectivity index (χ1n) is 10.6. The molecule has 2 aromatic heterocycles. The second-order valence-corrected chi connectivity index (χ2v) is 9.23. The van der Waals surface area contributed by atoms with Gasteiger partial charge in [0.15, 0.2) is 0 Å². The Labute approximate surface area is 207 Å². The van der Waals surface area contributed by atoms with Gasteiger partial charge in [0.25, 0.3) is 0 Å². The third-order valence-electron chi connectivity index (χ3n) is 5.56. The molecule has 0 aliphatic rings. The van der Waals surface area contributed by atoms with E-state index in [0.717, 1.165) is 49.4 Å². The fraction of sp³-hybridized carbons (Fsp3) is 0.0345. The monoisotopic (exact) mass is 510 g/mol. The largest absolute Gasteiger partial charge is 0.256 e. The number of hydrogen-bond acceptors (Lipinski definition) is 2. The predicted molar refractivity (Wildman–Crippen MR) is 141 cm³/mol. The molecule has 0 aliphatic heterocycles. The lowest BCUT2D eigenvalue weighted by molar-refractivity contribution is 1.28. The second kappa shape index (κ2) is 9.30. The second-order valence-electron chi connectivity index (χ2n) is 7.87. The molecule has 0 fully saturated rings. The maximum atomic E-state index is 6.21. The summed E-state index contributed by atoms with van der Waals surface area (Å²) in [6.45, 7) is 2.09. The molecule has 2 nitrogen and oxygen atoms in total. The SMILES string of the molecule is Cc1ccc(-c2nc(-c3ccc(Br)cc3)cc(-c3ccc(Cl)cc3)c2-c2ccccn2)cc1. The summed E-state index contributed by atoms with van der Waals surface area (Å²) in [5, 5.41) is 0.707. The molecule has 5 aromatic rings. The van der Waals surface area contributed by atoms with Crippen LogP contribution in [0.4, 0.5) is 0 Å². The smallest absolute Gasteiger partial charge is 0.0809 e. The first-order chi connectivity index (χ1) is 16.1. The zero-order valence-corrected chi connectivity index (χ0v) is 20.3. The third kappa shape index (κ3) is 4.61. The molecule has 0 N–H and O–H groups in total. The van der Waals surface area contributed by atoms with Crippen molar-refractivity contribution in [2.75, 3.05) is 0 Å². The lowest BCUT2D eigenvalue weighted by Crippen LogP contribution is -1.98. The number of rotatable bonds is 4. The summed E-state index contributed by atoms with van der Waals surface area (Å²) in [6, 6.07) is 32.8. The molecule has 0 radical (unpaired) electrons. The van der Waals surface area contributed by atoms with E-state index in [1.54, 1.807) is 0 Å². The Morgan fingerprint density at radius 1 is 0.697 bits per heavy atom. The molecule has 0 aliphatic carbocycles. The molecule has 2 heterocycles. The summed E-state index contributed by atoms with van der Waals surface area (Å²) in [6.07, 6.45) is 1.82. The van der Waals surface area contributed by atoms with Crippen LogP contribution in [0.25, 0.3) is 44.9 Å². The number of pyridine rings is 2. The Bertz CT molecular complexity index is 1330. The van der Waals surface area contributed by atoms with E-state index in [9.17, 15) is 0 Å². The first kappa shape index (κ1) is 21.6. The Morgan fingerprint density at radius 2 is 1.36 bits per heavy atom. The van der Waals surface area contributed by atoms with E-state index >= 15 is 0 Å². The van der Waals surface area contributed by atoms with Crippen molar-refractivity contribution in [2.45, 2.75) is 6.92 Å². The number of benzene rings is 3. The van der Waals surface area contributed by atoms with Crippen LogP contribution in [0.15, 0.2) is 108 Å². The van der Waals surface area contributed by atoms with Crippen molar-refractivity contribution in [1.29, 1.82) is 0 Å². The van der Waals surface area contributed by atoms with Gasteiger partial charge in [-0.05, 0) is 60.5 Å². The molecule has 0 unspecified atom stereocenters. The number of hydrogen-bond donors (Lipinski definition) is 0. The van der Waals surface area contributed by atoms with Crippen LogP contribution in [-0.4, -0.2) is 9.97 Å². The van der Waals surface area contributed by atoms with E-state index in [0.29, 0.717) is 5.02 Å². The lowest BCUT2D eigenvalue weighted by Gasteiger charge is -2.17. The highest BCUT2D eigenvalue weighted by Gasteiger charge is 2.19. The third-order valence-corrected chi connectivity index (χ3v) is 6.34. The highest BCUT2D eigenvalue weighted by Crippen LogP contribution is 2.41. The Hall–Kier alpha value is -3.27. The van der Waals surface area contributed by atoms with E-state index in [2.05, 4.69) is 65.3 Å². The summed E-state index contributed by atoms with van der Waals surface area (Å²) in [5.41, 5.74) is 9.13. The van der Waals surface area contributed by atoms with Crippen molar-refractivity contribution >= 4 is 27.5 Å². The summed E-state index contributed by atoms with van der Waals surface area (Å²) in [7, 11) is 0. The molecule has 0 saturated carbocycles. The van der Waals surface area contributed by atoms with Crippen LogP contribution in [0.2, 0.25) is 5.02 Å². The molecule has 0 amide bonds. The first-order valence-corrected chi connectivity index (χ1v) is 11.8. The van der Waals surface area contributed by atoms with Crippen molar-refractivity contribution < 1.29 is 0 Å². The molecule has 4 heteroatoms. The summed E-state index contributed by atoms with van der Waals surface area (Å²) in [5.74, 6) is 0. The highest BCUT2D eigenvalue weighted by molar-refractivity contribution is 9.10. The number of halogens is 2. The highest BCUT2D eigenvalue weighted by atomic mass is 79.9. The summed E-state index contributed by atoms with van der Waals surface area (Å²) < 4.78 is 1.04. The molecular formula is C29H20BrClN2. The topological polar surface area (TPSA) is 25.8 Å². The van der Waals surface area contributed by atoms with Gasteiger partial charge in [-0.3, -0.25) is 4.98 Å². The fourth-order valence-electron chi connectivity index (χ4n) is 3.86. The zero-order valence-electron chi connectivity index (χ0n) is 18.0. The summed E-state index contributed by atoms with van der Waals surface area (Å²) >= 11 is 9.75. The average molecular weight is 512 g/mol. The summed E-state index contributed by atoms with van der Waals surface area (Å²) in [4.78, 5) is 9.87. The minimum Gasteiger partial charge on any atom is -0.256 e. The van der Waals surface area contributed by atoms with Gasteiger partial charge in [0, 0.05) is 32.4 Å². The van der Waals surface area contributed by atoms with Gasteiger partial charge in [0.2, 0.25) is 0 Å². The molecule has 0 atom stereocenters. The van der Waals surface area contributed by atoms with Gasteiger partial charge in [0.1, 0.15) is 0 Å². The van der Waals surface area contributed by atoms with Crippen molar-refractivity contribution in [2.24, 2.45) is 0 Å². The number of aryl methyl sites for hydroxylation is 1. The molecule has 3 aromatic carbocycles. The fourth-order valence-corrected chi connectivity index (χ4v) is 4.25. The molecule has 0 spiro atoms. The van der Waals surface area contributed by atoms with Crippen molar-refractivity contribution in [3.63, 3.8) is 0 Å². The van der Waals surface area contributed by atoms with E-state index in [4.69, 9.17) is 21.6 Å². The van der Waals surface area contributed by atoms with E-state index in [1.165, 1.54) is 5.56 Å². The van der Waals surface area contributed by atoms with Gasteiger partial charge >= 0.3 is 0 Å². The van der Waals surface area contributed by atoms with Crippen LogP contribution in [0, 0.1) is 6.92 Å². The standard InChI is InChI=1S/C29H20BrClN2/c1-19-5-7-22(8-6-19)29-28(26-4-2-3-17-32-26)25(20-11-15-24(31)16-12-20)18-27(33-29)21-9-13-23(30)14-10-21/h2-18H,1H3. The van der Waals surface area contributed by atoms with Gasteiger partial charge in [-0.25, -0.2) is 4.98 Å². The van der Waals surface area contributed by atoms with Crippen LogP contribution in [0.3, 0.4) is 0 Å². The van der Waals surface area contributed by atoms with E-state index < -0.39 is 0 Å². The minimum atomic E-state index is 0.707. The maximum Gasteiger partial charge on any atom is 0.0809 e. The predicted octanol–water partition coefficient (Wildman–Crippen LogP) is 8.87. The lowest BCUT2D eigenvalue weighted by atomic mass is 9.91. The number of nitrogens with zero attached hydrogens (tertiary/aromatic N) is 2. The van der Waals surface area contributed by atoms with Crippen LogP contribution in [-0.2, 0) is 0 Å². The Kier molecular flexibility index (Phi) is 6.08. The van der Waals surface area contributed by atoms with Crippen LogP contribution >= 0.6 is 27.5 Å². The van der Waals surface area contributed by atoms with Crippen LogP contribution in [0.5, 0.6) is 0 Å². The van der Waals surface area contributed by atoms with Gasteiger partial charge in [-0.2, -0.15) is 0 Å². The van der Waals surface area contributed by atoms with Crippen molar-refractivity contribution in [1.82, 2.24) is 9.97 Å². The quantitative estimate of drug-likeness (QED) is 0.241. The molecular weight excluding hydrogens is 492 g/mol. The van der Waals surface area contributed by atoms with Crippen LogP contribution in [0.1, 0.15) is 5.56 Å². The molecule has 0 saturated heterocycles. The number of aromatic nitrogens is 2. The van der Waals surface area contributed by atoms with Gasteiger partial charge in [0.05, 0.1) is 17.1 Å². The molecule has 33 heavy (non-hydrogen) atoms. The van der Waals surface area contributed by atoms with Crippen LogP contribution < -0.4 is 0 Å². The van der Waals surface area contributed by atoms with Crippen molar-refractivity contribution in [3.05, 3.63) is 118 Å². The molecule has 160 valence electrons. The zero-order chi connectivity index (χ0) is 22.8. The van der Waals surface area contributed by atoms with E-state index in [1.807, 2.05) is 60.8 Å². The Morgan fingerprint density at radius 3 is 2.03 bits per heavy atom. The Balaban J connectivity index is 1.85. The maximum absolute atomic E-state index is 6.21. The molecule has 5 rings (SSSR count). The normalized spacial score (nSPS) is 10.9. The average Bonchev–Trinajstić information content (AvgIpc) is 2.85.